The van der Waals surface area contributed by atoms with E-state index in [9.17, 15) is 4.57 Å². The molecule has 0 fully saturated rings. The molecule has 0 heterocycles. The summed E-state index contributed by atoms with van der Waals surface area (Å²) in [4.78, 5) is 17.9. The molecule has 0 unspecified atom stereocenters. The highest BCUT2D eigenvalue weighted by Crippen LogP contribution is 2.37. The molecule has 0 amide bonds. The van der Waals surface area contributed by atoms with Crippen LogP contribution in [-0.2, 0) is 11.0 Å². The van der Waals surface area contributed by atoms with Gasteiger partial charge in [-0.1, -0.05) is 161 Å². The van der Waals surface area contributed by atoms with E-state index in [1.54, 1.807) is 0 Å². The van der Waals surface area contributed by atoms with Gasteiger partial charge < -0.3 is 9.79 Å². The van der Waals surface area contributed by atoms with Crippen LogP contribution in [-0.4, -0.2) is 15.9 Å². The lowest BCUT2D eigenvalue weighted by molar-refractivity contribution is 0.370. The zero-order valence-corrected chi connectivity index (χ0v) is 37.4. The van der Waals surface area contributed by atoms with Crippen molar-refractivity contribution in [1.82, 2.24) is 0 Å². The summed E-state index contributed by atoms with van der Waals surface area (Å²) in [6.45, 7) is 0. The molecular weight excluding hydrogens is 800 g/mol. The molecule has 0 radical (unpaired) electrons. The summed E-state index contributed by atoms with van der Waals surface area (Å²) < 4.78 is 11.0. The van der Waals surface area contributed by atoms with Crippen LogP contribution in [0.2, 0.25) is 0 Å². The van der Waals surface area contributed by atoms with Crippen LogP contribution in [0.4, 0.5) is 0 Å². The van der Waals surface area contributed by atoms with Crippen molar-refractivity contribution in [2.24, 2.45) is 0 Å². The fourth-order valence-corrected chi connectivity index (χ4v) is 10.4. The number of fused-ring (bicyclic) bond motifs is 6. The molecule has 0 saturated carbocycles. The number of hydrogen-bond donors (Lipinski definition) is 2. The topological polar surface area (TPSA) is 57.5 Å². The molecule has 0 saturated heterocycles. The average Bonchev–Trinajstić information content (AvgIpc) is 3.31. The normalized spacial score (nSPS) is 12.1. The molecule has 64 heavy (non-hydrogen) atoms. The Morgan fingerprint density at radius 3 is 0.922 bits per heavy atom. The number of hydrogen-bond acceptors (Lipinski definition) is 1. The molecule has 0 aliphatic carbocycles. The molecule has 2 N–H and O–H groups in total. The van der Waals surface area contributed by atoms with Crippen molar-refractivity contribution in [3.8, 4) is 33.4 Å². The van der Waals surface area contributed by atoms with Crippen molar-refractivity contribution in [2.75, 3.05) is 6.16 Å². The maximum absolute atomic E-state index is 11.0. The Bertz CT molecular complexity index is 3340. The fourth-order valence-electron chi connectivity index (χ4n) is 9.76. The molecule has 0 aromatic heterocycles. The van der Waals surface area contributed by atoms with Crippen LogP contribution in [0.25, 0.3) is 98.0 Å². The van der Waals surface area contributed by atoms with E-state index in [1.807, 2.05) is 0 Å². The van der Waals surface area contributed by atoms with Gasteiger partial charge in [-0.3, -0.25) is 4.57 Å². The van der Waals surface area contributed by atoms with Crippen molar-refractivity contribution in [3.05, 3.63) is 181 Å². The quantitative estimate of drug-likeness (QED) is 0.0578. The summed E-state index contributed by atoms with van der Waals surface area (Å²) in [5.74, 6) is 0. The molecule has 0 aliphatic heterocycles. The van der Waals surface area contributed by atoms with Crippen molar-refractivity contribution in [1.29, 1.82) is 0 Å². The third-order valence-corrected chi connectivity index (χ3v) is 14.3. The zero-order chi connectivity index (χ0) is 43.5. The number of aryl methyl sites for hydroxylation is 1. The highest BCUT2D eigenvalue weighted by atomic mass is 31.2. The Labute approximate surface area is 376 Å². The van der Waals surface area contributed by atoms with Gasteiger partial charge in [-0.25, -0.2) is 0 Å². The van der Waals surface area contributed by atoms with Gasteiger partial charge in [-0.05, 0) is 190 Å². The Morgan fingerprint density at radius 1 is 0.281 bits per heavy atom. The van der Waals surface area contributed by atoms with Crippen LogP contribution in [0.3, 0.4) is 0 Å². The largest absolute Gasteiger partial charge is 0.325 e. The number of benzene rings is 10. The van der Waals surface area contributed by atoms with E-state index >= 15 is 0 Å². The van der Waals surface area contributed by atoms with Gasteiger partial charge in [-0.15, -0.1) is 0 Å². The first-order valence-corrected chi connectivity index (χ1v) is 25.1. The highest BCUT2D eigenvalue weighted by molar-refractivity contribution is 7.51. The zero-order valence-electron chi connectivity index (χ0n) is 36.5. The van der Waals surface area contributed by atoms with Gasteiger partial charge in [-0.2, -0.15) is 0 Å². The first kappa shape index (κ1) is 41.9. The Hall–Kier alpha value is -6.09. The maximum atomic E-state index is 11.0. The van der Waals surface area contributed by atoms with Gasteiger partial charge in [0.1, 0.15) is 0 Å². The second-order valence-electron chi connectivity index (χ2n) is 18.1. The third kappa shape index (κ3) is 9.69. The van der Waals surface area contributed by atoms with Crippen molar-refractivity contribution >= 4 is 72.2 Å². The average molecular weight is 855 g/mol. The standard InChI is InChI=1S/C60H55O3P/c61-64(62,63)30-12-8-6-4-2-1-3-5-7-9-13-42-16-18-43(19-17-42)46-20-25-52-39-58-36-49(22-27-53(58)38-57(52)33-46)50-24-29-55-40-59-35-48(23-28-54(59)41-60(55)37-50)47-21-26-51-31-44-14-10-11-15-45(44)32-56(51)34-47/h10-11,14-29,31-41H,1-9,12-13,30H2,(H2,61,62,63). The van der Waals surface area contributed by atoms with Gasteiger partial charge in [0, 0.05) is 6.16 Å². The minimum atomic E-state index is -3.82. The van der Waals surface area contributed by atoms with Gasteiger partial charge in [0.25, 0.3) is 0 Å². The predicted molar refractivity (Wildman–Crippen MR) is 275 cm³/mol. The van der Waals surface area contributed by atoms with E-state index in [2.05, 4.69) is 176 Å². The molecule has 4 heteroatoms. The molecule has 10 rings (SSSR count). The van der Waals surface area contributed by atoms with E-state index in [1.165, 1.54) is 149 Å². The lowest BCUT2D eigenvalue weighted by Crippen LogP contribution is -1.89. The molecule has 10 aromatic carbocycles. The minimum absolute atomic E-state index is 0.0288. The monoisotopic (exact) mass is 854 g/mol. The van der Waals surface area contributed by atoms with E-state index in [0.29, 0.717) is 6.42 Å². The van der Waals surface area contributed by atoms with Crippen LogP contribution in [0.1, 0.15) is 69.8 Å². The third-order valence-electron chi connectivity index (χ3n) is 13.4. The van der Waals surface area contributed by atoms with Crippen molar-refractivity contribution in [2.45, 2.75) is 70.6 Å². The minimum Gasteiger partial charge on any atom is -0.324 e. The van der Waals surface area contributed by atoms with E-state index in [4.69, 9.17) is 9.79 Å². The van der Waals surface area contributed by atoms with Gasteiger partial charge in [0.2, 0.25) is 0 Å². The molecule has 3 nitrogen and oxygen atoms in total. The van der Waals surface area contributed by atoms with E-state index in [-0.39, 0.29) is 6.16 Å². The van der Waals surface area contributed by atoms with E-state index in [0.717, 1.165) is 19.3 Å². The lowest BCUT2D eigenvalue weighted by Gasteiger charge is -2.11. The lowest BCUT2D eigenvalue weighted by atomic mass is 9.94. The molecule has 0 bridgehead atoms. The second-order valence-corrected chi connectivity index (χ2v) is 19.9. The first-order valence-electron chi connectivity index (χ1n) is 23.3. The van der Waals surface area contributed by atoms with Gasteiger partial charge in [0.05, 0.1) is 0 Å². The first-order chi connectivity index (χ1) is 31.3. The smallest absolute Gasteiger partial charge is 0.324 e. The Morgan fingerprint density at radius 2 is 0.562 bits per heavy atom. The Balaban J connectivity index is 0.769. The summed E-state index contributed by atoms with van der Waals surface area (Å²) >= 11 is 0. The summed E-state index contributed by atoms with van der Waals surface area (Å²) in [5, 5.41) is 15.1. The molecule has 0 atom stereocenters. The molecule has 0 spiro atoms. The van der Waals surface area contributed by atoms with Crippen LogP contribution >= 0.6 is 7.60 Å². The highest BCUT2D eigenvalue weighted by Gasteiger charge is 2.12. The second kappa shape index (κ2) is 18.6. The number of unbranched alkanes of at least 4 members (excludes halogenated alkanes) is 9. The molecular formula is C60H55O3P. The molecule has 0 aliphatic rings. The van der Waals surface area contributed by atoms with Crippen LogP contribution in [0, 0.1) is 0 Å². The van der Waals surface area contributed by atoms with Gasteiger partial charge in [0.15, 0.2) is 0 Å². The maximum Gasteiger partial charge on any atom is 0.325 e. The van der Waals surface area contributed by atoms with Gasteiger partial charge >= 0.3 is 7.60 Å². The predicted octanol–water partition coefficient (Wildman–Crippen LogP) is 17.2. The molecule has 10 aromatic rings. The summed E-state index contributed by atoms with van der Waals surface area (Å²) in [6, 6.07) is 66.0. The summed E-state index contributed by atoms with van der Waals surface area (Å²) in [6.07, 6.45) is 12.5. The summed E-state index contributed by atoms with van der Waals surface area (Å²) in [7, 11) is -3.82. The van der Waals surface area contributed by atoms with Crippen molar-refractivity contribution in [3.63, 3.8) is 0 Å². The summed E-state index contributed by atoms with van der Waals surface area (Å²) in [5.41, 5.74) is 8.84. The SMILES string of the molecule is O=P(O)(O)CCCCCCCCCCCCc1ccc(-c2ccc3cc4cc(-c5ccc6cc7cc(-c8ccc9cc%10ccccc%10cc9c8)ccc7cc6c5)ccc4cc3c2)cc1. The molecule has 318 valence electrons. The Kier molecular flexibility index (Phi) is 12.1. The van der Waals surface area contributed by atoms with E-state index < -0.39 is 7.60 Å². The van der Waals surface area contributed by atoms with Crippen LogP contribution < -0.4 is 0 Å². The number of rotatable bonds is 16. The van der Waals surface area contributed by atoms with Crippen LogP contribution in [0.15, 0.2) is 176 Å². The fraction of sp³-hybridized carbons (Fsp3) is 0.200. The van der Waals surface area contributed by atoms with Crippen molar-refractivity contribution < 1.29 is 14.4 Å². The van der Waals surface area contributed by atoms with Crippen LogP contribution in [0.5, 0.6) is 0 Å².